The Morgan fingerprint density at radius 2 is 2.32 bits per heavy atom. The SMILES string of the molecule is Cc1c(Cl)cnn1CC(=O)Nc1ccc(F)c(N)c1. The van der Waals surface area contributed by atoms with Crippen molar-refractivity contribution in [2.24, 2.45) is 0 Å². The normalized spacial score (nSPS) is 10.5. The maximum atomic E-state index is 13.0. The monoisotopic (exact) mass is 282 g/mol. The molecule has 7 heteroatoms. The molecule has 5 nitrogen and oxygen atoms in total. The van der Waals surface area contributed by atoms with E-state index >= 15 is 0 Å². The lowest BCUT2D eigenvalue weighted by Crippen LogP contribution is -2.20. The molecule has 1 heterocycles. The average Bonchev–Trinajstić information content (AvgIpc) is 2.66. The molecular weight excluding hydrogens is 271 g/mol. The summed E-state index contributed by atoms with van der Waals surface area (Å²) in [6.07, 6.45) is 1.47. The molecular formula is C12H12ClFN4O. The summed E-state index contributed by atoms with van der Waals surface area (Å²) in [4.78, 5) is 11.8. The Kier molecular flexibility index (Phi) is 3.71. The Morgan fingerprint density at radius 3 is 2.89 bits per heavy atom. The first-order valence-electron chi connectivity index (χ1n) is 5.50. The Balaban J connectivity index is 2.05. The van der Waals surface area contributed by atoms with E-state index in [4.69, 9.17) is 17.3 Å². The van der Waals surface area contributed by atoms with Crippen LogP contribution in [0.2, 0.25) is 5.02 Å². The zero-order valence-electron chi connectivity index (χ0n) is 10.2. The van der Waals surface area contributed by atoms with E-state index in [2.05, 4.69) is 10.4 Å². The van der Waals surface area contributed by atoms with Crippen LogP contribution in [0.1, 0.15) is 5.69 Å². The van der Waals surface area contributed by atoms with E-state index in [1.54, 1.807) is 6.92 Å². The van der Waals surface area contributed by atoms with Gasteiger partial charge in [-0.15, -0.1) is 0 Å². The first kappa shape index (κ1) is 13.4. The van der Waals surface area contributed by atoms with Gasteiger partial charge in [0.2, 0.25) is 5.91 Å². The van der Waals surface area contributed by atoms with Crippen LogP contribution in [0.5, 0.6) is 0 Å². The highest BCUT2D eigenvalue weighted by atomic mass is 35.5. The molecule has 0 saturated carbocycles. The Labute approximate surface area is 114 Å². The predicted molar refractivity (Wildman–Crippen MR) is 71.4 cm³/mol. The van der Waals surface area contributed by atoms with Gasteiger partial charge in [0.05, 0.1) is 22.6 Å². The molecule has 0 spiro atoms. The van der Waals surface area contributed by atoms with Gasteiger partial charge in [-0.25, -0.2) is 4.39 Å². The number of amides is 1. The van der Waals surface area contributed by atoms with Crippen LogP contribution in [-0.4, -0.2) is 15.7 Å². The number of nitrogens with two attached hydrogens (primary N) is 1. The van der Waals surface area contributed by atoms with Gasteiger partial charge in [-0.2, -0.15) is 5.10 Å². The highest BCUT2D eigenvalue weighted by molar-refractivity contribution is 6.31. The van der Waals surface area contributed by atoms with Gasteiger partial charge in [0.25, 0.3) is 0 Å². The number of carbonyl (C=O) groups excluding carboxylic acids is 1. The maximum absolute atomic E-state index is 13.0. The number of hydrogen-bond acceptors (Lipinski definition) is 3. The lowest BCUT2D eigenvalue weighted by molar-refractivity contribution is -0.116. The molecule has 19 heavy (non-hydrogen) atoms. The summed E-state index contributed by atoms with van der Waals surface area (Å²) in [6.45, 7) is 1.79. The van der Waals surface area contributed by atoms with Crippen molar-refractivity contribution in [3.05, 3.63) is 40.9 Å². The topological polar surface area (TPSA) is 72.9 Å². The van der Waals surface area contributed by atoms with Gasteiger partial charge in [0.1, 0.15) is 12.4 Å². The smallest absolute Gasteiger partial charge is 0.246 e. The fraction of sp³-hybridized carbons (Fsp3) is 0.167. The third kappa shape index (κ3) is 3.03. The summed E-state index contributed by atoms with van der Waals surface area (Å²) in [5.74, 6) is -0.818. The third-order valence-electron chi connectivity index (χ3n) is 2.62. The number of benzene rings is 1. The zero-order valence-corrected chi connectivity index (χ0v) is 10.9. The Bertz CT molecular complexity index is 626. The van der Waals surface area contributed by atoms with E-state index in [0.717, 1.165) is 0 Å². The van der Waals surface area contributed by atoms with Crippen molar-refractivity contribution in [3.8, 4) is 0 Å². The van der Waals surface area contributed by atoms with Crippen LogP contribution in [0.25, 0.3) is 0 Å². The number of nitrogen functional groups attached to an aromatic ring is 1. The average molecular weight is 283 g/mol. The molecule has 100 valence electrons. The van der Waals surface area contributed by atoms with Crippen molar-refractivity contribution < 1.29 is 9.18 Å². The molecule has 1 amide bonds. The van der Waals surface area contributed by atoms with Crippen LogP contribution in [0.3, 0.4) is 0 Å². The molecule has 0 aliphatic heterocycles. The van der Waals surface area contributed by atoms with Crippen LogP contribution in [0.4, 0.5) is 15.8 Å². The molecule has 0 unspecified atom stereocenters. The minimum absolute atomic E-state index is 0.0175. The summed E-state index contributed by atoms with van der Waals surface area (Å²) in [5.41, 5.74) is 6.53. The maximum Gasteiger partial charge on any atom is 0.246 e. The fourth-order valence-corrected chi connectivity index (χ4v) is 1.68. The van der Waals surface area contributed by atoms with E-state index in [-0.39, 0.29) is 18.1 Å². The van der Waals surface area contributed by atoms with E-state index in [9.17, 15) is 9.18 Å². The van der Waals surface area contributed by atoms with Gasteiger partial charge in [-0.3, -0.25) is 9.48 Å². The molecule has 0 aliphatic rings. The Morgan fingerprint density at radius 1 is 1.58 bits per heavy atom. The Hall–Kier alpha value is -2.08. The second-order valence-corrected chi connectivity index (χ2v) is 4.43. The van der Waals surface area contributed by atoms with E-state index in [1.165, 1.54) is 29.1 Å². The molecule has 2 rings (SSSR count). The van der Waals surface area contributed by atoms with Crippen molar-refractivity contribution in [1.82, 2.24) is 9.78 Å². The number of carbonyl (C=O) groups is 1. The first-order chi connectivity index (χ1) is 8.97. The van der Waals surface area contributed by atoms with Crippen LogP contribution < -0.4 is 11.1 Å². The predicted octanol–water partition coefficient (Wildman–Crippen LogP) is 2.20. The number of aromatic nitrogens is 2. The van der Waals surface area contributed by atoms with Crippen LogP contribution in [0, 0.1) is 12.7 Å². The lowest BCUT2D eigenvalue weighted by Gasteiger charge is -2.07. The minimum atomic E-state index is -0.521. The largest absolute Gasteiger partial charge is 0.396 e. The highest BCUT2D eigenvalue weighted by Crippen LogP contribution is 2.17. The number of hydrogen-bond donors (Lipinski definition) is 2. The molecule has 0 aliphatic carbocycles. The number of nitrogens with one attached hydrogen (secondary N) is 1. The fourth-order valence-electron chi connectivity index (χ4n) is 1.54. The van der Waals surface area contributed by atoms with Crippen molar-refractivity contribution >= 4 is 28.9 Å². The van der Waals surface area contributed by atoms with Gasteiger partial charge in [-0.1, -0.05) is 11.6 Å². The summed E-state index contributed by atoms with van der Waals surface area (Å²) in [6, 6.07) is 3.99. The second-order valence-electron chi connectivity index (χ2n) is 4.02. The number of anilines is 2. The van der Waals surface area contributed by atoms with Gasteiger partial charge in [0.15, 0.2) is 0 Å². The molecule has 0 fully saturated rings. The van der Waals surface area contributed by atoms with Crippen molar-refractivity contribution in [3.63, 3.8) is 0 Å². The third-order valence-corrected chi connectivity index (χ3v) is 2.99. The number of rotatable bonds is 3. The molecule has 0 atom stereocenters. The lowest BCUT2D eigenvalue weighted by atomic mass is 10.2. The van der Waals surface area contributed by atoms with Crippen LogP contribution in [0.15, 0.2) is 24.4 Å². The van der Waals surface area contributed by atoms with Crippen molar-refractivity contribution in [2.45, 2.75) is 13.5 Å². The number of halogens is 2. The van der Waals surface area contributed by atoms with Crippen LogP contribution in [-0.2, 0) is 11.3 Å². The second kappa shape index (κ2) is 5.27. The van der Waals surface area contributed by atoms with Crippen molar-refractivity contribution in [1.29, 1.82) is 0 Å². The van der Waals surface area contributed by atoms with Gasteiger partial charge >= 0.3 is 0 Å². The minimum Gasteiger partial charge on any atom is -0.396 e. The molecule has 0 bridgehead atoms. The zero-order chi connectivity index (χ0) is 14.0. The standard InChI is InChI=1S/C12H12ClFN4O/c1-7-9(13)5-16-18(7)6-12(19)17-8-2-3-10(14)11(15)4-8/h2-5H,6,15H2,1H3,(H,17,19). The highest BCUT2D eigenvalue weighted by Gasteiger charge is 2.09. The summed E-state index contributed by atoms with van der Waals surface area (Å²) in [5, 5.41) is 7.07. The summed E-state index contributed by atoms with van der Waals surface area (Å²) >= 11 is 5.84. The van der Waals surface area contributed by atoms with Crippen molar-refractivity contribution in [2.75, 3.05) is 11.1 Å². The molecule has 0 radical (unpaired) electrons. The summed E-state index contributed by atoms with van der Waals surface area (Å²) < 4.78 is 14.4. The van der Waals surface area contributed by atoms with Gasteiger partial charge in [-0.05, 0) is 25.1 Å². The van der Waals surface area contributed by atoms with E-state index in [1.807, 2.05) is 0 Å². The van der Waals surface area contributed by atoms with E-state index in [0.29, 0.717) is 16.4 Å². The summed E-state index contributed by atoms with van der Waals surface area (Å²) in [7, 11) is 0. The quantitative estimate of drug-likeness (QED) is 0.848. The number of nitrogens with zero attached hydrogens (tertiary/aromatic N) is 2. The van der Waals surface area contributed by atoms with Gasteiger partial charge < -0.3 is 11.1 Å². The van der Waals surface area contributed by atoms with Gasteiger partial charge in [0, 0.05) is 5.69 Å². The molecule has 1 aromatic carbocycles. The first-order valence-corrected chi connectivity index (χ1v) is 5.88. The molecule has 1 aromatic heterocycles. The van der Waals surface area contributed by atoms with Crippen LogP contribution >= 0.6 is 11.6 Å². The molecule has 3 N–H and O–H groups in total. The molecule has 2 aromatic rings. The molecule has 0 saturated heterocycles. The van der Waals surface area contributed by atoms with E-state index < -0.39 is 5.82 Å².